The number of nitro benzene ring substituents is 1. The molecule has 10 nitrogen and oxygen atoms in total. The van der Waals surface area contributed by atoms with Crippen molar-refractivity contribution in [3.63, 3.8) is 0 Å². The Kier molecular flexibility index (Phi) is 7.45. The van der Waals surface area contributed by atoms with E-state index < -0.39 is 22.9 Å². The number of hydrogen-bond donors (Lipinski definition) is 2. The predicted molar refractivity (Wildman–Crippen MR) is 109 cm³/mol. The summed E-state index contributed by atoms with van der Waals surface area (Å²) in [5.41, 5.74) is 0.554. The molecule has 2 rings (SSSR count). The highest BCUT2D eigenvalue weighted by atomic mass is 16.6. The van der Waals surface area contributed by atoms with E-state index in [1.54, 1.807) is 31.2 Å². The molecule has 30 heavy (non-hydrogen) atoms. The topological polar surface area (TPSA) is 137 Å². The zero-order chi connectivity index (χ0) is 22.3. The lowest BCUT2D eigenvalue weighted by Gasteiger charge is -2.14. The fraction of sp³-hybridized carbons (Fsp3) is 0.250. The molecule has 158 valence electrons. The molecular formula is C20H21N3O7. The first-order valence-corrected chi connectivity index (χ1v) is 9.02. The van der Waals surface area contributed by atoms with Crippen LogP contribution < -0.4 is 15.4 Å². The Hall–Kier alpha value is -3.95. The Bertz CT molecular complexity index is 957. The summed E-state index contributed by atoms with van der Waals surface area (Å²) in [7, 11) is 0. The van der Waals surface area contributed by atoms with Crippen molar-refractivity contribution in [2.24, 2.45) is 0 Å². The van der Waals surface area contributed by atoms with Crippen LogP contribution >= 0.6 is 0 Å². The zero-order valence-corrected chi connectivity index (χ0v) is 16.6. The summed E-state index contributed by atoms with van der Waals surface area (Å²) in [6, 6.07) is 10.0. The van der Waals surface area contributed by atoms with E-state index in [-0.39, 0.29) is 29.5 Å². The van der Waals surface area contributed by atoms with Crippen LogP contribution in [0.15, 0.2) is 42.5 Å². The Morgan fingerprint density at radius 2 is 1.67 bits per heavy atom. The molecule has 2 amide bonds. The number of esters is 1. The summed E-state index contributed by atoms with van der Waals surface area (Å²) in [4.78, 5) is 46.1. The summed E-state index contributed by atoms with van der Waals surface area (Å²) in [6.07, 6.45) is -1.15. The summed E-state index contributed by atoms with van der Waals surface area (Å²) in [5.74, 6) is -1.66. The van der Waals surface area contributed by atoms with E-state index >= 15 is 0 Å². The number of ether oxygens (including phenoxy) is 2. The molecule has 0 aliphatic carbocycles. The minimum absolute atomic E-state index is 0.0348. The molecule has 0 fully saturated rings. The van der Waals surface area contributed by atoms with Gasteiger partial charge in [0.15, 0.2) is 11.9 Å². The van der Waals surface area contributed by atoms with Crippen LogP contribution in [0.1, 0.15) is 31.1 Å². The maximum atomic E-state index is 12.3. The molecule has 2 aromatic rings. The number of rotatable bonds is 8. The Labute approximate surface area is 172 Å². The van der Waals surface area contributed by atoms with Gasteiger partial charge in [-0.15, -0.1) is 0 Å². The van der Waals surface area contributed by atoms with Crippen molar-refractivity contribution >= 4 is 34.8 Å². The van der Waals surface area contributed by atoms with E-state index in [2.05, 4.69) is 10.6 Å². The van der Waals surface area contributed by atoms with Gasteiger partial charge in [0.1, 0.15) is 0 Å². The van der Waals surface area contributed by atoms with Crippen LogP contribution in [0.3, 0.4) is 0 Å². The van der Waals surface area contributed by atoms with Gasteiger partial charge in [0.2, 0.25) is 5.91 Å². The van der Waals surface area contributed by atoms with Crippen LogP contribution in [0.25, 0.3) is 0 Å². The van der Waals surface area contributed by atoms with E-state index in [0.29, 0.717) is 11.4 Å². The largest absolute Gasteiger partial charge is 0.487 e. The van der Waals surface area contributed by atoms with Crippen LogP contribution in [0.4, 0.5) is 17.1 Å². The van der Waals surface area contributed by atoms with Gasteiger partial charge in [-0.2, -0.15) is 0 Å². The molecule has 0 spiro atoms. The first-order chi connectivity index (χ1) is 14.2. The number of carbonyl (C=O) groups is 3. The van der Waals surface area contributed by atoms with Crippen molar-refractivity contribution in [3.05, 3.63) is 58.1 Å². The number of benzene rings is 2. The van der Waals surface area contributed by atoms with Crippen molar-refractivity contribution in [2.45, 2.75) is 26.9 Å². The molecule has 10 heteroatoms. The molecule has 1 atom stereocenters. The highest BCUT2D eigenvalue weighted by Gasteiger charge is 2.23. The zero-order valence-electron chi connectivity index (χ0n) is 16.6. The van der Waals surface area contributed by atoms with Crippen LogP contribution in [0.2, 0.25) is 0 Å². The van der Waals surface area contributed by atoms with Crippen molar-refractivity contribution in [2.75, 3.05) is 17.2 Å². The minimum Gasteiger partial charge on any atom is -0.487 e. The number of anilines is 2. The van der Waals surface area contributed by atoms with E-state index in [1.807, 2.05) is 0 Å². The third-order valence-electron chi connectivity index (χ3n) is 3.82. The molecule has 2 aromatic carbocycles. The molecule has 0 saturated heterocycles. The van der Waals surface area contributed by atoms with Gasteiger partial charge in [0.25, 0.3) is 5.91 Å². The first-order valence-electron chi connectivity index (χ1n) is 9.02. The van der Waals surface area contributed by atoms with E-state index in [0.717, 1.165) is 6.07 Å². The van der Waals surface area contributed by atoms with Crippen LogP contribution in [0, 0.1) is 10.1 Å². The normalized spacial score (nSPS) is 11.2. The fourth-order valence-electron chi connectivity index (χ4n) is 2.43. The lowest BCUT2D eigenvalue weighted by Crippen LogP contribution is -2.30. The molecule has 0 aliphatic rings. The number of nitrogens with zero attached hydrogens (tertiary/aromatic N) is 1. The smallest absolute Gasteiger partial charge is 0.339 e. The summed E-state index contributed by atoms with van der Waals surface area (Å²) in [5, 5.41) is 16.4. The van der Waals surface area contributed by atoms with Crippen LogP contribution in [-0.4, -0.2) is 35.4 Å². The number of nitro groups is 1. The Balaban J connectivity index is 2.02. The summed E-state index contributed by atoms with van der Waals surface area (Å²) in [6.45, 7) is 4.67. The third-order valence-corrected chi connectivity index (χ3v) is 3.82. The maximum Gasteiger partial charge on any atom is 0.339 e. The Morgan fingerprint density at radius 3 is 2.20 bits per heavy atom. The average molecular weight is 415 g/mol. The molecular weight excluding hydrogens is 394 g/mol. The first kappa shape index (κ1) is 22.3. The number of hydrogen-bond acceptors (Lipinski definition) is 7. The number of carbonyl (C=O) groups excluding carboxylic acids is 3. The van der Waals surface area contributed by atoms with Gasteiger partial charge in [0.05, 0.1) is 17.1 Å². The second-order valence-electron chi connectivity index (χ2n) is 6.17. The molecule has 0 aromatic heterocycles. The minimum atomic E-state index is -1.15. The molecule has 0 radical (unpaired) electrons. The van der Waals surface area contributed by atoms with Crippen molar-refractivity contribution in [1.82, 2.24) is 0 Å². The average Bonchev–Trinajstić information content (AvgIpc) is 2.69. The summed E-state index contributed by atoms with van der Waals surface area (Å²) >= 11 is 0. The van der Waals surface area contributed by atoms with Gasteiger partial charge < -0.3 is 20.1 Å². The monoisotopic (exact) mass is 415 g/mol. The quantitative estimate of drug-likeness (QED) is 0.384. The van der Waals surface area contributed by atoms with Gasteiger partial charge in [-0.05, 0) is 50.2 Å². The highest BCUT2D eigenvalue weighted by Crippen LogP contribution is 2.28. The van der Waals surface area contributed by atoms with E-state index in [1.165, 1.54) is 26.0 Å². The standard InChI is InChI=1S/C20H21N3O7/c1-4-29-18-10-5-14(11-17(18)23(27)28)20(26)30-12(2)19(25)22-16-8-6-15(7-9-16)21-13(3)24/h5-12H,4H2,1-3H3,(H,21,24)(H,22,25)/t12-/m1/s1. The molecule has 0 heterocycles. The third kappa shape index (κ3) is 6.03. The van der Waals surface area contributed by atoms with Gasteiger partial charge >= 0.3 is 11.7 Å². The molecule has 0 unspecified atom stereocenters. The van der Waals surface area contributed by atoms with E-state index in [9.17, 15) is 24.5 Å². The molecule has 0 aliphatic heterocycles. The van der Waals surface area contributed by atoms with Crippen molar-refractivity contribution in [3.8, 4) is 5.75 Å². The molecule has 0 saturated carbocycles. The second-order valence-corrected chi connectivity index (χ2v) is 6.17. The number of amides is 2. The van der Waals surface area contributed by atoms with Crippen LogP contribution in [0.5, 0.6) is 5.75 Å². The highest BCUT2D eigenvalue weighted by molar-refractivity contribution is 5.98. The summed E-state index contributed by atoms with van der Waals surface area (Å²) < 4.78 is 10.3. The Morgan fingerprint density at radius 1 is 1.07 bits per heavy atom. The van der Waals surface area contributed by atoms with Gasteiger partial charge in [-0.1, -0.05) is 0 Å². The second kappa shape index (κ2) is 10.0. The van der Waals surface area contributed by atoms with Crippen LogP contribution in [-0.2, 0) is 14.3 Å². The van der Waals surface area contributed by atoms with E-state index in [4.69, 9.17) is 9.47 Å². The van der Waals surface area contributed by atoms with Gasteiger partial charge in [-0.3, -0.25) is 19.7 Å². The maximum absolute atomic E-state index is 12.3. The lowest BCUT2D eigenvalue weighted by molar-refractivity contribution is -0.385. The van der Waals surface area contributed by atoms with Crippen molar-refractivity contribution in [1.29, 1.82) is 0 Å². The number of nitrogens with one attached hydrogen (secondary N) is 2. The fourth-order valence-corrected chi connectivity index (χ4v) is 2.43. The SMILES string of the molecule is CCOc1ccc(C(=O)O[C@H](C)C(=O)Nc2ccc(NC(C)=O)cc2)cc1[N+](=O)[O-]. The molecule has 2 N–H and O–H groups in total. The van der Waals surface area contributed by atoms with Gasteiger partial charge in [-0.25, -0.2) is 4.79 Å². The lowest BCUT2D eigenvalue weighted by atomic mass is 10.2. The molecule has 0 bridgehead atoms. The predicted octanol–water partition coefficient (Wildman–Crippen LogP) is 3.14. The van der Waals surface area contributed by atoms with Gasteiger partial charge in [0, 0.05) is 24.4 Å². The van der Waals surface area contributed by atoms with Crippen molar-refractivity contribution < 1.29 is 28.8 Å².